The molecule has 2 aliphatic rings. The number of hydrogen-bond donors (Lipinski definition) is 4. The fourth-order valence-corrected chi connectivity index (χ4v) is 4.50. The number of hydrogen-bond acceptors (Lipinski definition) is 5. The van der Waals surface area contributed by atoms with Gasteiger partial charge in [0.15, 0.2) is 0 Å². The molecule has 1 saturated heterocycles. The lowest BCUT2D eigenvalue weighted by Crippen LogP contribution is -2.60. The number of amides is 4. The minimum atomic E-state index is -5.26. The van der Waals surface area contributed by atoms with E-state index in [2.05, 4.69) is 20.9 Å². The third-order valence-corrected chi connectivity index (χ3v) is 6.55. The largest absolute Gasteiger partial charge is 0.471 e. The molecular weight excluding hydrogens is 517 g/mol. The first-order chi connectivity index (χ1) is 17.2. The lowest BCUT2D eigenvalue weighted by molar-refractivity contribution is -0.175. The molecular formula is C24H36F5N5O4. The van der Waals surface area contributed by atoms with Gasteiger partial charge in [0.05, 0.1) is 6.04 Å². The van der Waals surface area contributed by atoms with Gasteiger partial charge in [0.25, 0.3) is 5.92 Å². The summed E-state index contributed by atoms with van der Waals surface area (Å²) in [6.07, 6.45) is -4.22. The molecule has 1 unspecified atom stereocenters. The summed E-state index contributed by atoms with van der Waals surface area (Å²) < 4.78 is 65.9. The van der Waals surface area contributed by atoms with Crippen LogP contribution in [-0.4, -0.2) is 72.7 Å². The zero-order chi connectivity index (χ0) is 29.3. The van der Waals surface area contributed by atoms with Crippen LogP contribution in [0.1, 0.15) is 60.3 Å². The molecule has 0 radical (unpaired) electrons. The standard InChI is InChI=1S/C24H36F5N5O4/c1-21(2,3)16(33-20(38)24(27,28)29)19(37)32-15(8-13-10-23(13,25)26)18(36)31-14(11-30-6)7-12-9-22(4,5)34-17(12)35/h11-16H,7-10H2,1-6H3,(H,31,36)(H,32,37)(H,33,38)(H,34,35)/b30-11+/t12-,13?,14+,15+,16-/m1/s1. The fourth-order valence-electron chi connectivity index (χ4n) is 4.50. The van der Waals surface area contributed by atoms with Crippen molar-refractivity contribution in [2.45, 2.75) is 96.1 Å². The second-order valence-corrected chi connectivity index (χ2v) is 11.8. The lowest BCUT2D eigenvalue weighted by Gasteiger charge is -2.32. The third-order valence-electron chi connectivity index (χ3n) is 6.55. The Hall–Kier alpha value is -2.80. The summed E-state index contributed by atoms with van der Waals surface area (Å²) in [6.45, 7) is 7.90. The van der Waals surface area contributed by atoms with Crippen molar-refractivity contribution in [3.05, 3.63) is 0 Å². The Balaban J connectivity index is 2.21. The number of rotatable bonds is 10. The van der Waals surface area contributed by atoms with Gasteiger partial charge < -0.3 is 21.3 Å². The maximum absolute atomic E-state index is 13.7. The molecule has 4 amide bonds. The summed E-state index contributed by atoms with van der Waals surface area (Å²) in [7, 11) is 1.44. The van der Waals surface area contributed by atoms with Crippen molar-refractivity contribution in [2.75, 3.05) is 7.05 Å². The SMILES string of the molecule is C/N=C/[C@H](C[C@@H]1CC(C)(C)NC1=O)NC(=O)[C@H](CC1CC1(F)F)NC(=O)[C@@H](NC(=O)C(F)(F)F)C(C)(C)C. The van der Waals surface area contributed by atoms with Crippen molar-refractivity contribution < 1.29 is 41.1 Å². The van der Waals surface area contributed by atoms with Gasteiger partial charge in [0.1, 0.15) is 12.1 Å². The van der Waals surface area contributed by atoms with Crippen molar-refractivity contribution in [3.63, 3.8) is 0 Å². The van der Waals surface area contributed by atoms with Crippen LogP contribution in [0.3, 0.4) is 0 Å². The van der Waals surface area contributed by atoms with E-state index < -0.39 is 83.6 Å². The van der Waals surface area contributed by atoms with Gasteiger partial charge in [-0.1, -0.05) is 20.8 Å². The quantitative estimate of drug-likeness (QED) is 0.244. The highest BCUT2D eigenvalue weighted by atomic mass is 19.4. The maximum atomic E-state index is 13.7. The van der Waals surface area contributed by atoms with Crippen LogP contribution in [0.25, 0.3) is 0 Å². The van der Waals surface area contributed by atoms with Crippen molar-refractivity contribution in [2.24, 2.45) is 22.2 Å². The molecule has 1 heterocycles. The highest BCUT2D eigenvalue weighted by Gasteiger charge is 2.58. The van der Waals surface area contributed by atoms with E-state index in [1.165, 1.54) is 34.0 Å². The van der Waals surface area contributed by atoms with Crippen LogP contribution in [0.4, 0.5) is 22.0 Å². The molecule has 9 nitrogen and oxygen atoms in total. The zero-order valence-corrected chi connectivity index (χ0v) is 22.3. The summed E-state index contributed by atoms with van der Waals surface area (Å²) in [5, 5.41) is 9.33. The molecule has 38 heavy (non-hydrogen) atoms. The number of nitrogens with one attached hydrogen (secondary N) is 4. The van der Waals surface area contributed by atoms with Gasteiger partial charge in [0, 0.05) is 37.1 Å². The molecule has 1 saturated carbocycles. The predicted molar refractivity (Wildman–Crippen MR) is 128 cm³/mol. The van der Waals surface area contributed by atoms with E-state index in [0.717, 1.165) is 0 Å². The second kappa shape index (κ2) is 11.1. The van der Waals surface area contributed by atoms with Gasteiger partial charge in [0.2, 0.25) is 17.7 Å². The number of alkyl halides is 5. The van der Waals surface area contributed by atoms with Crippen LogP contribution >= 0.6 is 0 Å². The van der Waals surface area contributed by atoms with E-state index in [9.17, 15) is 41.1 Å². The highest BCUT2D eigenvalue weighted by molar-refractivity contribution is 5.94. The summed E-state index contributed by atoms with van der Waals surface area (Å²) in [5.74, 6) is -9.26. The number of aliphatic imine (C=N–C) groups is 1. The Morgan fingerprint density at radius 3 is 2.05 bits per heavy atom. The average molecular weight is 554 g/mol. The van der Waals surface area contributed by atoms with Gasteiger partial charge in [-0.25, -0.2) is 8.78 Å². The van der Waals surface area contributed by atoms with Crippen LogP contribution in [-0.2, 0) is 19.2 Å². The van der Waals surface area contributed by atoms with Crippen LogP contribution in [0.15, 0.2) is 4.99 Å². The molecule has 2 fully saturated rings. The first-order valence-electron chi connectivity index (χ1n) is 12.3. The minimum absolute atomic E-state index is 0.158. The summed E-state index contributed by atoms with van der Waals surface area (Å²) in [4.78, 5) is 53.9. The van der Waals surface area contributed by atoms with Gasteiger partial charge in [-0.2, -0.15) is 13.2 Å². The molecule has 1 aliphatic carbocycles. The molecule has 0 bridgehead atoms. The third kappa shape index (κ3) is 8.62. The van der Waals surface area contributed by atoms with E-state index in [0.29, 0.717) is 6.42 Å². The summed E-state index contributed by atoms with van der Waals surface area (Å²) in [6, 6.07) is -4.03. The van der Waals surface area contributed by atoms with Crippen LogP contribution in [0, 0.1) is 17.3 Å². The van der Waals surface area contributed by atoms with E-state index in [4.69, 9.17) is 0 Å². The number of carbonyl (C=O) groups excluding carboxylic acids is 4. The monoisotopic (exact) mass is 553 g/mol. The number of halogens is 5. The minimum Gasteiger partial charge on any atom is -0.351 e. The molecule has 4 N–H and O–H groups in total. The van der Waals surface area contributed by atoms with E-state index in [-0.39, 0.29) is 12.3 Å². The predicted octanol–water partition coefficient (Wildman–Crippen LogP) is 2.10. The molecule has 1 aliphatic heterocycles. The molecule has 0 aromatic carbocycles. The normalized spacial score (nSPS) is 24.8. The van der Waals surface area contributed by atoms with Gasteiger partial charge in [-0.15, -0.1) is 0 Å². The Morgan fingerprint density at radius 1 is 1.05 bits per heavy atom. The fraction of sp³-hybridized carbons (Fsp3) is 0.792. The first kappa shape index (κ1) is 31.4. The van der Waals surface area contributed by atoms with Crippen molar-refractivity contribution >= 4 is 29.8 Å². The van der Waals surface area contributed by atoms with Crippen molar-refractivity contribution in [3.8, 4) is 0 Å². The first-order valence-corrected chi connectivity index (χ1v) is 12.3. The Labute approximate surface area is 218 Å². The van der Waals surface area contributed by atoms with E-state index in [1.54, 1.807) is 5.32 Å². The van der Waals surface area contributed by atoms with Crippen LogP contribution < -0.4 is 21.3 Å². The van der Waals surface area contributed by atoms with Crippen molar-refractivity contribution in [1.82, 2.24) is 21.3 Å². The Morgan fingerprint density at radius 2 is 1.63 bits per heavy atom. The maximum Gasteiger partial charge on any atom is 0.471 e. The topological polar surface area (TPSA) is 129 Å². The molecule has 5 atom stereocenters. The van der Waals surface area contributed by atoms with E-state index in [1.807, 2.05) is 13.8 Å². The lowest BCUT2D eigenvalue weighted by atomic mass is 9.85. The molecule has 0 aromatic rings. The Bertz CT molecular complexity index is 961. The summed E-state index contributed by atoms with van der Waals surface area (Å²) >= 11 is 0. The average Bonchev–Trinajstić information content (AvgIpc) is 3.23. The van der Waals surface area contributed by atoms with Gasteiger partial charge in [-0.05, 0) is 38.5 Å². The van der Waals surface area contributed by atoms with Crippen LogP contribution in [0.2, 0.25) is 0 Å². The molecule has 0 aromatic heterocycles. The molecule has 0 spiro atoms. The van der Waals surface area contributed by atoms with Crippen molar-refractivity contribution in [1.29, 1.82) is 0 Å². The number of nitrogens with zero attached hydrogens (tertiary/aromatic N) is 1. The molecule has 2 rings (SSSR count). The summed E-state index contributed by atoms with van der Waals surface area (Å²) in [5.41, 5.74) is -1.66. The molecule has 14 heteroatoms. The van der Waals surface area contributed by atoms with Gasteiger partial charge in [-0.3, -0.25) is 24.2 Å². The van der Waals surface area contributed by atoms with Crippen LogP contribution in [0.5, 0.6) is 0 Å². The highest BCUT2D eigenvalue weighted by Crippen LogP contribution is 2.51. The second-order valence-electron chi connectivity index (χ2n) is 11.8. The van der Waals surface area contributed by atoms with E-state index >= 15 is 0 Å². The number of carbonyl (C=O) groups is 4. The van der Waals surface area contributed by atoms with Gasteiger partial charge >= 0.3 is 12.1 Å². The zero-order valence-electron chi connectivity index (χ0n) is 22.3. The Kier molecular flexibility index (Phi) is 9.20. The smallest absolute Gasteiger partial charge is 0.351 e. The molecule has 216 valence electrons.